The molecule has 11 rings (SSSR count). The van der Waals surface area contributed by atoms with E-state index in [1.807, 2.05) is 26.0 Å². The van der Waals surface area contributed by atoms with Crippen molar-refractivity contribution in [2.45, 2.75) is 34.1 Å². The molecule has 2 heterocycles. The molecule has 0 spiro atoms. The molecule has 0 aliphatic rings. The van der Waals surface area contributed by atoms with E-state index in [2.05, 4.69) is 255 Å². The number of hydrogen-bond donors (Lipinski definition) is 0. The smallest absolute Gasteiger partial charge is 0.0547 e. The summed E-state index contributed by atoms with van der Waals surface area (Å²) in [7, 11) is 0. The van der Waals surface area contributed by atoms with E-state index in [1.54, 1.807) is 12.2 Å². The summed E-state index contributed by atoms with van der Waals surface area (Å²) >= 11 is 0. The van der Waals surface area contributed by atoms with Crippen molar-refractivity contribution in [2.75, 3.05) is 0 Å². The second kappa shape index (κ2) is 21.7. The number of para-hydroxylation sites is 3. The van der Waals surface area contributed by atoms with Gasteiger partial charge in [0.05, 0.1) is 27.8 Å². The molecule has 0 bridgehead atoms. The SMILES string of the molecule is C=C/C=C\C.C=CC.CCC.c1ccc(-c2ccc(-c3ccc(-n4c5ccccc5c5cc(-c6ccc7c8ccccc8n(-c8ccccc8-c8ccccc8)c7c6)ccc54)cc3)cc2)cc1. The minimum atomic E-state index is 1.15. The summed E-state index contributed by atoms with van der Waals surface area (Å²) < 4.78 is 4.85. The molecule has 0 saturated carbocycles. The summed E-state index contributed by atoms with van der Waals surface area (Å²) in [4.78, 5) is 0. The summed E-state index contributed by atoms with van der Waals surface area (Å²) in [5.74, 6) is 0. The minimum Gasteiger partial charge on any atom is -0.309 e. The lowest BCUT2D eigenvalue weighted by Gasteiger charge is -2.14. The van der Waals surface area contributed by atoms with Gasteiger partial charge in [0.15, 0.2) is 0 Å². The van der Waals surface area contributed by atoms with Crippen LogP contribution in [0.25, 0.3) is 99.5 Å². The van der Waals surface area contributed by atoms with Gasteiger partial charge < -0.3 is 9.13 Å². The first-order valence-corrected chi connectivity index (χ1v) is 23.3. The van der Waals surface area contributed by atoms with Gasteiger partial charge in [0.25, 0.3) is 0 Å². The van der Waals surface area contributed by atoms with Crippen molar-refractivity contribution in [2.24, 2.45) is 0 Å². The number of nitrogens with zero attached hydrogens (tertiary/aromatic N) is 2. The van der Waals surface area contributed by atoms with E-state index < -0.39 is 0 Å². The van der Waals surface area contributed by atoms with Gasteiger partial charge in [-0.25, -0.2) is 0 Å². The van der Waals surface area contributed by atoms with Crippen molar-refractivity contribution in [3.05, 3.63) is 256 Å². The Morgan fingerprint density at radius 1 is 0.373 bits per heavy atom. The van der Waals surface area contributed by atoms with Crippen LogP contribution in [0.4, 0.5) is 0 Å². The predicted octanol–water partition coefficient (Wildman–Crippen LogP) is 18.9. The number of fused-ring (bicyclic) bond motifs is 6. The summed E-state index contributed by atoms with van der Waals surface area (Å²) in [6.45, 7) is 14.9. The minimum absolute atomic E-state index is 1.15. The topological polar surface area (TPSA) is 9.86 Å². The first-order valence-electron chi connectivity index (χ1n) is 23.3. The highest BCUT2D eigenvalue weighted by Gasteiger charge is 2.18. The second-order valence-electron chi connectivity index (χ2n) is 16.4. The molecule has 67 heavy (non-hydrogen) atoms. The molecule has 0 aliphatic heterocycles. The van der Waals surface area contributed by atoms with Gasteiger partial charge in [-0.1, -0.05) is 221 Å². The highest BCUT2D eigenvalue weighted by atomic mass is 15.0. The molecular formula is C65H58N2. The van der Waals surface area contributed by atoms with Gasteiger partial charge in [-0.2, -0.15) is 0 Å². The Morgan fingerprint density at radius 2 is 0.791 bits per heavy atom. The third kappa shape index (κ3) is 9.62. The van der Waals surface area contributed by atoms with E-state index in [-0.39, 0.29) is 0 Å². The molecule has 328 valence electrons. The Bertz CT molecular complexity index is 3420. The quantitative estimate of drug-likeness (QED) is 0.112. The highest BCUT2D eigenvalue weighted by molar-refractivity contribution is 6.12. The van der Waals surface area contributed by atoms with Crippen molar-refractivity contribution in [1.29, 1.82) is 0 Å². The van der Waals surface area contributed by atoms with E-state index in [9.17, 15) is 0 Å². The van der Waals surface area contributed by atoms with Crippen LogP contribution >= 0.6 is 0 Å². The number of aromatic nitrogens is 2. The fourth-order valence-electron chi connectivity index (χ4n) is 8.80. The molecule has 2 aromatic heterocycles. The lowest BCUT2D eigenvalue weighted by Crippen LogP contribution is -1.97. The normalized spacial score (nSPS) is 10.8. The Morgan fingerprint density at radius 3 is 1.37 bits per heavy atom. The van der Waals surface area contributed by atoms with Crippen molar-refractivity contribution in [3.8, 4) is 55.9 Å². The summed E-state index contributed by atoms with van der Waals surface area (Å²) in [6.07, 6.45) is 8.58. The standard InChI is InChI=1S/C54H36N2.C5H8.C3H8.C3H6/c1-3-13-37(14-4-1)38-23-25-39(26-24-38)40-27-31-44(32-28-40)55-51-21-11-9-19-47(51)49-35-42(30-34-53(49)55)43-29-33-48-46-18-8-12-22-52(46)56(54(48)36-43)50-20-10-7-17-45(50)41-15-5-2-6-16-41;1-3-5-4-2;2*1-3-2/h1-36H;3-5H,1H2,2H3;3H2,1-2H3;3H,1H2,2H3/b;5-4-;;. The maximum Gasteiger partial charge on any atom is 0.0547 e. The Balaban J connectivity index is 0.000000504. The monoisotopic (exact) mass is 866 g/mol. The van der Waals surface area contributed by atoms with E-state index in [0.717, 1.165) is 5.69 Å². The van der Waals surface area contributed by atoms with Crippen LogP contribution in [0.1, 0.15) is 34.1 Å². The van der Waals surface area contributed by atoms with E-state index in [1.165, 1.54) is 100 Å². The largest absolute Gasteiger partial charge is 0.309 e. The number of allylic oxidation sites excluding steroid dienone is 4. The van der Waals surface area contributed by atoms with Crippen LogP contribution in [0.15, 0.2) is 256 Å². The number of hydrogen-bond acceptors (Lipinski definition) is 0. The average molecular weight is 867 g/mol. The van der Waals surface area contributed by atoms with Crippen LogP contribution < -0.4 is 0 Å². The molecule has 0 atom stereocenters. The molecule has 0 fully saturated rings. The van der Waals surface area contributed by atoms with Crippen LogP contribution in [0.5, 0.6) is 0 Å². The highest BCUT2D eigenvalue weighted by Crippen LogP contribution is 2.40. The molecule has 2 nitrogen and oxygen atoms in total. The fourth-order valence-corrected chi connectivity index (χ4v) is 8.80. The molecule has 0 aliphatic carbocycles. The lowest BCUT2D eigenvalue weighted by molar-refractivity contribution is 1.09. The first-order chi connectivity index (χ1) is 33.0. The van der Waals surface area contributed by atoms with Gasteiger partial charge in [-0.3, -0.25) is 0 Å². The molecule has 11 aromatic rings. The molecule has 0 saturated heterocycles. The number of benzene rings is 9. The van der Waals surface area contributed by atoms with Gasteiger partial charge in [-0.05, 0) is 101 Å². The Kier molecular flexibility index (Phi) is 14.7. The number of rotatable bonds is 7. The zero-order valence-electron chi connectivity index (χ0n) is 39.1. The van der Waals surface area contributed by atoms with Gasteiger partial charge in [0.1, 0.15) is 0 Å². The Labute approximate surface area is 396 Å². The molecular weight excluding hydrogens is 809 g/mol. The third-order valence-corrected chi connectivity index (χ3v) is 11.7. The lowest BCUT2D eigenvalue weighted by atomic mass is 10.00. The van der Waals surface area contributed by atoms with E-state index >= 15 is 0 Å². The predicted molar refractivity (Wildman–Crippen MR) is 294 cm³/mol. The van der Waals surface area contributed by atoms with Crippen LogP contribution in [-0.2, 0) is 0 Å². The summed E-state index contributed by atoms with van der Waals surface area (Å²) in [5, 5.41) is 5.00. The van der Waals surface area contributed by atoms with Crippen LogP contribution in [0, 0.1) is 0 Å². The van der Waals surface area contributed by atoms with Crippen LogP contribution in [-0.4, -0.2) is 9.13 Å². The van der Waals surface area contributed by atoms with Crippen molar-refractivity contribution in [3.63, 3.8) is 0 Å². The zero-order valence-corrected chi connectivity index (χ0v) is 39.1. The van der Waals surface area contributed by atoms with Gasteiger partial charge in [0, 0.05) is 32.8 Å². The van der Waals surface area contributed by atoms with Crippen LogP contribution in [0.2, 0.25) is 0 Å². The molecule has 2 heteroatoms. The summed E-state index contributed by atoms with van der Waals surface area (Å²) in [5.41, 5.74) is 16.8. The van der Waals surface area contributed by atoms with Crippen LogP contribution in [0.3, 0.4) is 0 Å². The van der Waals surface area contributed by atoms with Crippen molar-refractivity contribution < 1.29 is 0 Å². The molecule has 0 amide bonds. The van der Waals surface area contributed by atoms with Gasteiger partial charge in [-0.15, -0.1) is 6.58 Å². The summed E-state index contributed by atoms with van der Waals surface area (Å²) in [6, 6.07) is 79.3. The van der Waals surface area contributed by atoms with Gasteiger partial charge in [0.2, 0.25) is 0 Å². The second-order valence-corrected chi connectivity index (χ2v) is 16.4. The molecule has 0 radical (unpaired) electrons. The van der Waals surface area contributed by atoms with E-state index in [4.69, 9.17) is 0 Å². The zero-order chi connectivity index (χ0) is 46.5. The maximum absolute atomic E-state index is 3.46. The average Bonchev–Trinajstić information content (AvgIpc) is 3.90. The first kappa shape index (κ1) is 45.4. The van der Waals surface area contributed by atoms with Gasteiger partial charge >= 0.3 is 0 Å². The molecule has 0 unspecified atom stereocenters. The molecule has 9 aromatic carbocycles. The molecule has 0 N–H and O–H groups in total. The third-order valence-electron chi connectivity index (χ3n) is 11.7. The fraction of sp³-hybridized carbons (Fsp3) is 0.0769. The maximum atomic E-state index is 3.46. The van der Waals surface area contributed by atoms with Crippen molar-refractivity contribution >= 4 is 43.6 Å². The van der Waals surface area contributed by atoms with Crippen molar-refractivity contribution in [1.82, 2.24) is 9.13 Å². The Hall–Kier alpha value is -8.20. The van der Waals surface area contributed by atoms with E-state index in [0.29, 0.717) is 0 Å².